The Balaban J connectivity index is 2.03. The Morgan fingerprint density at radius 3 is 2.74 bits per heavy atom. The first-order valence-electron chi connectivity index (χ1n) is 5.78. The molecule has 0 atom stereocenters. The molecule has 6 heteroatoms. The van der Waals surface area contributed by atoms with Crippen molar-refractivity contribution in [2.45, 2.75) is 12.8 Å². The van der Waals surface area contributed by atoms with Crippen molar-refractivity contribution >= 4 is 17.3 Å². The van der Waals surface area contributed by atoms with Crippen LogP contribution in [-0.2, 0) is 14.3 Å². The van der Waals surface area contributed by atoms with Gasteiger partial charge in [0.1, 0.15) is 17.2 Å². The fourth-order valence-corrected chi connectivity index (χ4v) is 1.90. The Morgan fingerprint density at radius 1 is 1.00 bits per heavy atom. The predicted molar refractivity (Wildman–Crippen MR) is 63.8 cm³/mol. The molecule has 0 saturated carbocycles. The fraction of sp³-hybridized carbons (Fsp3) is 0.231. The molecule has 1 aliphatic heterocycles. The molecule has 1 aliphatic carbocycles. The number of nitrogens with zero attached hydrogens (tertiary/aromatic N) is 2. The van der Waals surface area contributed by atoms with E-state index in [0.717, 1.165) is 0 Å². The highest BCUT2D eigenvalue weighted by molar-refractivity contribution is 6.11. The van der Waals surface area contributed by atoms with Gasteiger partial charge in [-0.25, -0.2) is 0 Å². The molecule has 1 heterocycles. The van der Waals surface area contributed by atoms with E-state index in [9.17, 15) is 9.59 Å². The molecule has 0 saturated heterocycles. The number of carbonyl (C=O) groups is 2. The molecule has 1 aromatic carbocycles. The topological polar surface area (TPSA) is 77.3 Å². The number of ketones is 2. The smallest absolute Gasteiger partial charge is 0.230 e. The molecule has 96 valence electrons. The summed E-state index contributed by atoms with van der Waals surface area (Å²) < 4.78 is 10.7. The summed E-state index contributed by atoms with van der Waals surface area (Å²) in [5.74, 6) is 0.202. The first-order valence-corrected chi connectivity index (χ1v) is 5.78. The van der Waals surface area contributed by atoms with Gasteiger partial charge in [-0.05, 0) is 12.1 Å². The maximum absolute atomic E-state index is 11.8. The molecule has 0 aromatic heterocycles. The summed E-state index contributed by atoms with van der Waals surface area (Å²) in [5.41, 5.74) is 0.629. The van der Waals surface area contributed by atoms with Crippen molar-refractivity contribution in [1.29, 1.82) is 0 Å². The summed E-state index contributed by atoms with van der Waals surface area (Å²) in [5, 5.41) is 7.92. The molecular formula is C13H10N2O4. The fourth-order valence-electron chi connectivity index (χ4n) is 1.90. The standard InChI is InChI=1S/C13H10N2O4/c16-8-5-10(17)13-12(6-8)19-7-18-11-4-2-1-3-9(11)14-15-13/h1-4H,5-7H2. The molecule has 0 N–H and O–H groups in total. The van der Waals surface area contributed by atoms with Crippen LogP contribution >= 0.6 is 0 Å². The average Bonchev–Trinajstić information content (AvgIpc) is 2.47. The predicted octanol–water partition coefficient (Wildman–Crippen LogP) is 2.28. The number of benzene rings is 1. The van der Waals surface area contributed by atoms with Crippen LogP contribution in [0.15, 0.2) is 46.0 Å². The van der Waals surface area contributed by atoms with Gasteiger partial charge in [-0.3, -0.25) is 9.59 Å². The minimum atomic E-state index is -0.366. The third-order valence-corrected chi connectivity index (χ3v) is 2.81. The van der Waals surface area contributed by atoms with Crippen LogP contribution in [0.1, 0.15) is 12.8 Å². The van der Waals surface area contributed by atoms with Gasteiger partial charge in [0, 0.05) is 0 Å². The molecule has 0 amide bonds. The summed E-state index contributed by atoms with van der Waals surface area (Å²) in [7, 11) is 0. The van der Waals surface area contributed by atoms with E-state index >= 15 is 0 Å². The van der Waals surface area contributed by atoms with Gasteiger partial charge in [0.15, 0.2) is 17.2 Å². The molecule has 0 unspecified atom stereocenters. The van der Waals surface area contributed by atoms with Gasteiger partial charge >= 0.3 is 0 Å². The minimum absolute atomic E-state index is 0.0554. The maximum Gasteiger partial charge on any atom is 0.230 e. The molecule has 6 nitrogen and oxygen atoms in total. The number of para-hydroxylation sites is 1. The van der Waals surface area contributed by atoms with Crippen molar-refractivity contribution in [3.8, 4) is 5.75 Å². The Bertz CT molecular complexity index is 619. The van der Waals surface area contributed by atoms with E-state index in [1.807, 2.05) is 0 Å². The van der Waals surface area contributed by atoms with E-state index in [1.54, 1.807) is 24.3 Å². The molecule has 19 heavy (non-hydrogen) atoms. The SMILES string of the molecule is O=C1CC(=O)C2=C(C1)OCOc1ccccc1N=N2. The van der Waals surface area contributed by atoms with Crippen molar-refractivity contribution < 1.29 is 19.1 Å². The number of allylic oxidation sites excluding steroid dienone is 2. The average molecular weight is 258 g/mol. The lowest BCUT2D eigenvalue weighted by Crippen LogP contribution is -2.20. The van der Waals surface area contributed by atoms with E-state index in [0.29, 0.717) is 11.4 Å². The van der Waals surface area contributed by atoms with Gasteiger partial charge < -0.3 is 9.47 Å². The van der Waals surface area contributed by atoms with E-state index in [1.165, 1.54) is 0 Å². The lowest BCUT2D eigenvalue weighted by molar-refractivity contribution is -0.126. The first-order chi connectivity index (χ1) is 9.24. The Labute approximate surface area is 108 Å². The second kappa shape index (κ2) is 4.64. The van der Waals surface area contributed by atoms with Gasteiger partial charge in [0.2, 0.25) is 6.79 Å². The van der Waals surface area contributed by atoms with Crippen LogP contribution in [0.5, 0.6) is 5.75 Å². The Morgan fingerprint density at radius 2 is 1.84 bits per heavy atom. The molecule has 0 radical (unpaired) electrons. The van der Waals surface area contributed by atoms with Gasteiger partial charge in [0.05, 0.1) is 12.8 Å². The number of ether oxygens (including phenoxy) is 2. The van der Waals surface area contributed by atoms with E-state index in [2.05, 4.69) is 10.2 Å². The number of hydrogen-bond acceptors (Lipinski definition) is 6. The highest BCUT2D eigenvalue weighted by Gasteiger charge is 2.28. The summed E-state index contributed by atoms with van der Waals surface area (Å²) in [4.78, 5) is 23.2. The second-order valence-electron chi connectivity index (χ2n) is 4.16. The number of Topliss-reactive ketones (excluding diaryl/α,β-unsaturated/α-hetero) is 2. The number of fused-ring (bicyclic) bond motifs is 1. The molecule has 1 aromatic rings. The van der Waals surface area contributed by atoms with Crippen LogP contribution in [0.25, 0.3) is 0 Å². The highest BCUT2D eigenvalue weighted by Crippen LogP contribution is 2.31. The van der Waals surface area contributed by atoms with Crippen LogP contribution < -0.4 is 4.74 Å². The lowest BCUT2D eigenvalue weighted by Gasteiger charge is -2.15. The quantitative estimate of drug-likeness (QED) is 0.669. The summed E-state index contributed by atoms with van der Waals surface area (Å²) in [6.07, 6.45) is -0.0937. The molecule has 2 aliphatic rings. The molecule has 0 bridgehead atoms. The van der Waals surface area contributed by atoms with Gasteiger partial charge in [-0.1, -0.05) is 12.1 Å². The number of rotatable bonds is 0. The van der Waals surface area contributed by atoms with E-state index in [4.69, 9.17) is 9.47 Å². The zero-order chi connectivity index (χ0) is 13.2. The van der Waals surface area contributed by atoms with Gasteiger partial charge in [-0.2, -0.15) is 0 Å². The number of hydrogen-bond donors (Lipinski definition) is 0. The number of carbonyl (C=O) groups excluding carboxylic acids is 2. The monoisotopic (exact) mass is 258 g/mol. The van der Waals surface area contributed by atoms with Crippen molar-refractivity contribution in [1.82, 2.24) is 0 Å². The van der Waals surface area contributed by atoms with Crippen LogP contribution in [0.4, 0.5) is 5.69 Å². The summed E-state index contributed by atoms with van der Waals surface area (Å²) in [6.45, 7) is -0.0819. The third-order valence-electron chi connectivity index (χ3n) is 2.81. The van der Waals surface area contributed by atoms with Crippen molar-refractivity contribution in [2.75, 3.05) is 6.79 Å². The normalized spacial score (nSPS) is 18.5. The van der Waals surface area contributed by atoms with Crippen molar-refractivity contribution in [3.63, 3.8) is 0 Å². The van der Waals surface area contributed by atoms with Crippen LogP contribution in [0, 0.1) is 0 Å². The molecule has 0 fully saturated rings. The zero-order valence-electron chi connectivity index (χ0n) is 9.96. The third kappa shape index (κ3) is 2.24. The lowest BCUT2D eigenvalue weighted by atomic mass is 10.0. The Hall–Kier alpha value is -2.50. The molecule has 0 spiro atoms. The van der Waals surface area contributed by atoms with Crippen LogP contribution in [0.2, 0.25) is 0 Å². The highest BCUT2D eigenvalue weighted by atomic mass is 16.7. The van der Waals surface area contributed by atoms with E-state index in [-0.39, 0.29) is 42.7 Å². The zero-order valence-corrected chi connectivity index (χ0v) is 9.96. The summed E-state index contributed by atoms with van der Waals surface area (Å²) >= 11 is 0. The largest absolute Gasteiger partial charge is 0.459 e. The van der Waals surface area contributed by atoms with Gasteiger partial charge in [-0.15, -0.1) is 10.2 Å². The second-order valence-corrected chi connectivity index (χ2v) is 4.16. The first kappa shape index (κ1) is 11.6. The number of azo groups is 1. The van der Waals surface area contributed by atoms with E-state index < -0.39 is 0 Å². The van der Waals surface area contributed by atoms with Crippen molar-refractivity contribution in [2.24, 2.45) is 10.2 Å². The molecule has 3 rings (SSSR count). The maximum atomic E-state index is 11.8. The van der Waals surface area contributed by atoms with Gasteiger partial charge in [0.25, 0.3) is 0 Å². The Kier molecular flexibility index (Phi) is 2.83. The molecular weight excluding hydrogens is 248 g/mol. The summed E-state index contributed by atoms with van der Waals surface area (Å²) in [6, 6.07) is 7.05. The van der Waals surface area contributed by atoms with Crippen molar-refractivity contribution in [3.05, 3.63) is 35.7 Å². The minimum Gasteiger partial charge on any atom is -0.459 e. The van der Waals surface area contributed by atoms with Crippen LogP contribution in [-0.4, -0.2) is 18.4 Å². The van der Waals surface area contributed by atoms with Crippen LogP contribution in [0.3, 0.4) is 0 Å².